The molecule has 0 heterocycles. The first-order valence-corrected chi connectivity index (χ1v) is 13.5. The highest BCUT2D eigenvalue weighted by molar-refractivity contribution is 5.30. The number of ether oxygens (including phenoxy) is 2. The smallest absolute Gasteiger partial charge is 0.164 e. The third-order valence-corrected chi connectivity index (χ3v) is 8.40. The first-order valence-electron chi connectivity index (χ1n) is 13.5. The third kappa shape index (κ3) is 6.13. The lowest BCUT2D eigenvalue weighted by Gasteiger charge is -2.29. The van der Waals surface area contributed by atoms with Crippen LogP contribution in [0.5, 0.6) is 0 Å². The van der Waals surface area contributed by atoms with Gasteiger partial charge in [0.05, 0.1) is 12.7 Å². The minimum absolute atomic E-state index is 0.0152. The van der Waals surface area contributed by atoms with Gasteiger partial charge in [0.1, 0.15) is 0 Å². The maximum absolute atomic E-state index is 14.9. The summed E-state index contributed by atoms with van der Waals surface area (Å²) in [5, 5.41) is 0. The number of hydrogen-bond donors (Lipinski definition) is 0. The van der Waals surface area contributed by atoms with Gasteiger partial charge in [0.15, 0.2) is 23.3 Å². The standard InChI is InChI=1S/C30H38F4O2/c1-3-36-18-23-13-17-26(30(34)28(23)32)20-7-4-19(5-8-20)6-9-22-12-16-25(29(33)27(22)31)21-10-14-24(35-2)15-11-21/h12-13,16-17,19-21,24H,3-11,14-15,18H2,1-2H3. The zero-order valence-electron chi connectivity index (χ0n) is 21.4. The van der Waals surface area contributed by atoms with Crippen LogP contribution in [0.1, 0.15) is 98.8 Å². The van der Waals surface area contributed by atoms with Crippen molar-refractivity contribution in [2.45, 2.75) is 95.7 Å². The molecule has 0 spiro atoms. The molecular weight excluding hydrogens is 468 g/mol. The van der Waals surface area contributed by atoms with E-state index in [1.807, 2.05) is 6.92 Å². The third-order valence-electron chi connectivity index (χ3n) is 8.40. The van der Waals surface area contributed by atoms with Crippen molar-refractivity contribution in [2.75, 3.05) is 13.7 Å². The van der Waals surface area contributed by atoms with Crippen LogP contribution in [0.25, 0.3) is 0 Å². The van der Waals surface area contributed by atoms with E-state index in [1.54, 1.807) is 31.4 Å². The van der Waals surface area contributed by atoms with E-state index in [0.29, 0.717) is 35.6 Å². The molecule has 4 rings (SSSR count). The van der Waals surface area contributed by atoms with Crippen LogP contribution in [0.2, 0.25) is 0 Å². The fraction of sp³-hybridized carbons (Fsp3) is 0.600. The maximum atomic E-state index is 14.9. The van der Waals surface area contributed by atoms with Gasteiger partial charge < -0.3 is 9.47 Å². The number of rotatable bonds is 9. The highest BCUT2D eigenvalue weighted by Crippen LogP contribution is 2.40. The zero-order valence-corrected chi connectivity index (χ0v) is 21.4. The van der Waals surface area contributed by atoms with Gasteiger partial charge in [0.25, 0.3) is 0 Å². The van der Waals surface area contributed by atoms with E-state index >= 15 is 0 Å². The van der Waals surface area contributed by atoms with E-state index in [0.717, 1.165) is 57.8 Å². The lowest BCUT2D eigenvalue weighted by Crippen LogP contribution is -2.20. The second-order valence-electron chi connectivity index (χ2n) is 10.5. The summed E-state index contributed by atoms with van der Waals surface area (Å²) in [6.45, 7) is 2.33. The Morgan fingerprint density at radius 2 is 1.22 bits per heavy atom. The predicted octanol–water partition coefficient (Wildman–Crippen LogP) is 8.36. The summed E-state index contributed by atoms with van der Waals surface area (Å²) >= 11 is 0. The molecule has 0 N–H and O–H groups in total. The van der Waals surface area contributed by atoms with Crippen molar-refractivity contribution in [3.8, 4) is 0 Å². The monoisotopic (exact) mass is 506 g/mol. The summed E-state index contributed by atoms with van der Waals surface area (Å²) < 4.78 is 69.6. The fourth-order valence-electron chi connectivity index (χ4n) is 6.09. The molecule has 2 aromatic carbocycles. The molecule has 2 fully saturated rings. The molecule has 2 saturated carbocycles. The number of aryl methyl sites for hydroxylation is 1. The van der Waals surface area contributed by atoms with Crippen LogP contribution in [0.3, 0.4) is 0 Å². The molecule has 2 aliphatic rings. The molecule has 6 heteroatoms. The van der Waals surface area contributed by atoms with E-state index in [4.69, 9.17) is 9.47 Å². The Balaban J connectivity index is 1.30. The molecule has 2 nitrogen and oxygen atoms in total. The van der Waals surface area contributed by atoms with Crippen LogP contribution in [-0.2, 0) is 22.5 Å². The van der Waals surface area contributed by atoms with Crippen molar-refractivity contribution in [2.24, 2.45) is 5.92 Å². The zero-order chi connectivity index (χ0) is 25.7. The molecule has 0 bridgehead atoms. The summed E-state index contributed by atoms with van der Waals surface area (Å²) in [5.74, 6) is -2.56. The molecule has 0 aliphatic heterocycles. The van der Waals surface area contributed by atoms with Crippen molar-refractivity contribution in [1.29, 1.82) is 0 Å². The van der Waals surface area contributed by atoms with Crippen molar-refractivity contribution in [3.63, 3.8) is 0 Å². The highest BCUT2D eigenvalue weighted by atomic mass is 19.2. The molecule has 2 aromatic rings. The molecule has 0 amide bonds. The number of hydrogen-bond acceptors (Lipinski definition) is 2. The normalized spacial score (nSPS) is 24.7. The molecule has 198 valence electrons. The van der Waals surface area contributed by atoms with E-state index in [2.05, 4.69) is 0 Å². The summed E-state index contributed by atoms with van der Waals surface area (Å²) in [6.07, 6.45) is 8.15. The Kier molecular flexibility index (Phi) is 9.46. The molecular formula is C30H38F4O2. The van der Waals surface area contributed by atoms with Gasteiger partial charge >= 0.3 is 0 Å². The molecule has 0 unspecified atom stereocenters. The van der Waals surface area contributed by atoms with Gasteiger partial charge in [0.2, 0.25) is 0 Å². The number of benzene rings is 2. The molecule has 2 aliphatic carbocycles. The van der Waals surface area contributed by atoms with Crippen molar-refractivity contribution < 1.29 is 27.0 Å². The Morgan fingerprint density at radius 1 is 0.694 bits per heavy atom. The van der Waals surface area contributed by atoms with Crippen molar-refractivity contribution in [3.05, 3.63) is 69.8 Å². The van der Waals surface area contributed by atoms with Gasteiger partial charge in [-0.3, -0.25) is 0 Å². The molecule has 0 saturated heterocycles. The lowest BCUT2D eigenvalue weighted by atomic mass is 9.76. The van der Waals surface area contributed by atoms with Crippen LogP contribution in [0.4, 0.5) is 17.6 Å². The number of halogens is 4. The Bertz CT molecular complexity index is 1010. The van der Waals surface area contributed by atoms with Gasteiger partial charge in [0, 0.05) is 19.3 Å². The van der Waals surface area contributed by atoms with Crippen LogP contribution < -0.4 is 0 Å². The highest BCUT2D eigenvalue weighted by Gasteiger charge is 2.28. The summed E-state index contributed by atoms with van der Waals surface area (Å²) in [6, 6.07) is 6.84. The topological polar surface area (TPSA) is 18.5 Å². The minimum Gasteiger partial charge on any atom is -0.381 e. The van der Waals surface area contributed by atoms with Gasteiger partial charge in [-0.05, 0) is 106 Å². The Labute approximate surface area is 212 Å². The van der Waals surface area contributed by atoms with Gasteiger partial charge in [-0.1, -0.05) is 24.3 Å². The largest absolute Gasteiger partial charge is 0.381 e. The van der Waals surface area contributed by atoms with Gasteiger partial charge in [-0.2, -0.15) is 0 Å². The van der Waals surface area contributed by atoms with Crippen LogP contribution in [0, 0.1) is 29.2 Å². The average Bonchev–Trinajstić information content (AvgIpc) is 2.91. The van der Waals surface area contributed by atoms with Gasteiger partial charge in [-0.25, -0.2) is 17.6 Å². The van der Waals surface area contributed by atoms with Gasteiger partial charge in [-0.15, -0.1) is 0 Å². The van der Waals surface area contributed by atoms with E-state index in [9.17, 15) is 17.6 Å². The summed E-state index contributed by atoms with van der Waals surface area (Å²) in [4.78, 5) is 0. The quantitative estimate of drug-likeness (QED) is 0.318. The van der Waals surface area contributed by atoms with Crippen molar-refractivity contribution in [1.82, 2.24) is 0 Å². The second-order valence-corrected chi connectivity index (χ2v) is 10.5. The number of methoxy groups -OCH3 is 1. The summed E-state index contributed by atoms with van der Waals surface area (Å²) in [7, 11) is 1.70. The van der Waals surface area contributed by atoms with Crippen molar-refractivity contribution >= 4 is 0 Å². The molecule has 0 aromatic heterocycles. The average molecular weight is 507 g/mol. The first-order chi connectivity index (χ1) is 17.4. The lowest BCUT2D eigenvalue weighted by molar-refractivity contribution is 0.0655. The second kappa shape index (κ2) is 12.6. The van der Waals surface area contributed by atoms with Crippen LogP contribution in [-0.4, -0.2) is 19.8 Å². The minimum atomic E-state index is -0.809. The maximum Gasteiger partial charge on any atom is 0.164 e. The van der Waals surface area contributed by atoms with E-state index in [-0.39, 0.29) is 30.1 Å². The molecule has 0 atom stereocenters. The summed E-state index contributed by atoms with van der Waals surface area (Å²) in [5.41, 5.74) is 1.61. The molecule has 0 radical (unpaired) electrons. The Morgan fingerprint density at radius 3 is 1.78 bits per heavy atom. The Hall–Kier alpha value is -1.92. The fourth-order valence-corrected chi connectivity index (χ4v) is 6.09. The van der Waals surface area contributed by atoms with Crippen LogP contribution >= 0.6 is 0 Å². The predicted molar refractivity (Wildman–Crippen MR) is 133 cm³/mol. The van der Waals surface area contributed by atoms with E-state index < -0.39 is 23.3 Å². The first kappa shape index (κ1) is 27.1. The van der Waals surface area contributed by atoms with Crippen LogP contribution in [0.15, 0.2) is 24.3 Å². The molecule has 36 heavy (non-hydrogen) atoms. The van der Waals surface area contributed by atoms with E-state index in [1.165, 1.54) is 0 Å². The SMILES string of the molecule is CCOCc1ccc(C2CCC(CCc3ccc(C4CCC(OC)CC4)c(F)c3F)CC2)c(F)c1F.